The van der Waals surface area contributed by atoms with E-state index in [0.717, 1.165) is 30.4 Å². The van der Waals surface area contributed by atoms with Crippen LogP contribution < -0.4 is 9.64 Å². The molecule has 1 saturated carbocycles. The van der Waals surface area contributed by atoms with Gasteiger partial charge in [-0.25, -0.2) is 0 Å². The van der Waals surface area contributed by atoms with E-state index in [1.54, 1.807) is 18.2 Å². The Hall–Kier alpha value is -3.74. The van der Waals surface area contributed by atoms with Crippen LogP contribution in [-0.2, 0) is 11.2 Å². The molecule has 0 aliphatic heterocycles. The van der Waals surface area contributed by atoms with Gasteiger partial charge in [0.1, 0.15) is 23.5 Å². The van der Waals surface area contributed by atoms with Gasteiger partial charge in [0, 0.05) is 50.4 Å². The number of hydrogen-bond acceptors (Lipinski definition) is 7. The van der Waals surface area contributed by atoms with Gasteiger partial charge in [-0.2, -0.15) is 0 Å². The molecule has 0 N–H and O–H groups in total. The van der Waals surface area contributed by atoms with Crippen LogP contribution >= 0.6 is 0 Å². The first-order valence-corrected chi connectivity index (χ1v) is 12.4. The Kier molecular flexibility index (Phi) is 8.31. The number of ketones is 2. The maximum absolute atomic E-state index is 12.5. The Morgan fingerprint density at radius 3 is 2.61 bits per heavy atom. The maximum Gasteiger partial charge on any atom is 0.184 e. The molecular formula is C29H32N2O5. The summed E-state index contributed by atoms with van der Waals surface area (Å²) in [5, 5.41) is 3.92. The van der Waals surface area contributed by atoms with Crippen LogP contribution in [0.25, 0.3) is 0 Å². The zero-order valence-corrected chi connectivity index (χ0v) is 20.8. The molecule has 0 spiro atoms. The summed E-state index contributed by atoms with van der Waals surface area (Å²) in [5.74, 6) is 1.16. The van der Waals surface area contributed by atoms with Crippen molar-refractivity contribution >= 4 is 23.5 Å². The van der Waals surface area contributed by atoms with Crippen LogP contribution in [0.5, 0.6) is 5.75 Å². The number of carbonyl (C=O) groups is 3. The van der Waals surface area contributed by atoms with Crippen molar-refractivity contribution in [3.8, 4) is 5.75 Å². The minimum Gasteiger partial charge on any atom is -0.491 e. The van der Waals surface area contributed by atoms with Crippen LogP contribution in [-0.4, -0.2) is 43.7 Å². The number of benzene rings is 2. The molecule has 4 rings (SSSR count). The predicted molar refractivity (Wildman–Crippen MR) is 137 cm³/mol. The standard InChI is InChI=1S/C29H32N2O5/c1-31(2)26-16-23(29(34)22-11-12-22)13-14-28(26)35-19-21(18-32)9-6-10-27(33)25-17-24(36-30-25)15-20-7-4-3-5-8-20/h3-5,7-8,13-14,16-18,21-22H,6,9-12,15,19H2,1-2H3/t21-/m1/s1. The normalized spacial score (nSPS) is 13.7. The fourth-order valence-electron chi connectivity index (χ4n) is 4.09. The average molecular weight is 489 g/mol. The second-order valence-electron chi connectivity index (χ2n) is 9.58. The Bertz CT molecular complexity index is 1200. The first-order chi connectivity index (χ1) is 17.4. The molecule has 1 aromatic heterocycles. The number of aldehydes is 1. The van der Waals surface area contributed by atoms with E-state index >= 15 is 0 Å². The monoisotopic (exact) mass is 488 g/mol. The third-order valence-electron chi connectivity index (χ3n) is 6.36. The van der Waals surface area contributed by atoms with E-state index in [2.05, 4.69) is 5.16 Å². The van der Waals surface area contributed by atoms with Gasteiger partial charge in [0.25, 0.3) is 0 Å². The summed E-state index contributed by atoms with van der Waals surface area (Å²) < 4.78 is 11.3. The van der Waals surface area contributed by atoms with Crippen molar-refractivity contribution in [1.29, 1.82) is 0 Å². The van der Waals surface area contributed by atoms with E-state index in [-0.39, 0.29) is 36.4 Å². The van der Waals surface area contributed by atoms with E-state index in [4.69, 9.17) is 9.26 Å². The SMILES string of the molecule is CN(C)c1cc(C(=O)C2CC2)ccc1OC[C@@H](C=O)CCCC(=O)c1cc(Cc2ccccc2)on1. The third-order valence-corrected chi connectivity index (χ3v) is 6.36. The summed E-state index contributed by atoms with van der Waals surface area (Å²) in [6.45, 7) is 0.208. The summed E-state index contributed by atoms with van der Waals surface area (Å²) in [6.07, 6.45) is 4.73. The van der Waals surface area contributed by atoms with E-state index in [1.807, 2.05) is 55.4 Å². The molecule has 0 amide bonds. The lowest BCUT2D eigenvalue weighted by molar-refractivity contribution is -0.112. The molecule has 7 heteroatoms. The Morgan fingerprint density at radius 1 is 1.14 bits per heavy atom. The number of nitrogens with zero attached hydrogens (tertiary/aromatic N) is 2. The predicted octanol–water partition coefficient (Wildman–Crippen LogP) is 5.17. The summed E-state index contributed by atoms with van der Waals surface area (Å²) in [5.41, 5.74) is 2.90. The smallest absolute Gasteiger partial charge is 0.184 e. The lowest BCUT2D eigenvalue weighted by Crippen LogP contribution is -2.17. The maximum atomic E-state index is 12.5. The molecule has 0 bridgehead atoms. The minimum atomic E-state index is -0.341. The van der Waals surface area contributed by atoms with Gasteiger partial charge in [0.15, 0.2) is 11.6 Å². The first kappa shape index (κ1) is 25.4. The zero-order chi connectivity index (χ0) is 25.5. The molecule has 7 nitrogen and oxygen atoms in total. The highest BCUT2D eigenvalue weighted by Crippen LogP contribution is 2.35. The number of ether oxygens (including phenoxy) is 1. The van der Waals surface area contributed by atoms with Gasteiger partial charge in [-0.3, -0.25) is 9.59 Å². The number of rotatable bonds is 14. The Labute approximate surface area is 211 Å². The molecule has 1 fully saturated rings. The molecular weight excluding hydrogens is 456 g/mol. The first-order valence-electron chi connectivity index (χ1n) is 12.4. The molecule has 0 saturated heterocycles. The van der Waals surface area contributed by atoms with Crippen LogP contribution in [0.3, 0.4) is 0 Å². The van der Waals surface area contributed by atoms with Gasteiger partial charge in [0.05, 0.1) is 12.3 Å². The van der Waals surface area contributed by atoms with E-state index in [1.165, 1.54) is 0 Å². The third kappa shape index (κ3) is 6.68. The molecule has 0 radical (unpaired) electrons. The summed E-state index contributed by atoms with van der Waals surface area (Å²) >= 11 is 0. The van der Waals surface area contributed by atoms with E-state index in [0.29, 0.717) is 42.0 Å². The zero-order valence-electron chi connectivity index (χ0n) is 20.8. The van der Waals surface area contributed by atoms with Crippen LogP contribution in [0.1, 0.15) is 64.3 Å². The number of Topliss-reactive ketones (excluding diaryl/α,β-unsaturated/α-hetero) is 2. The van der Waals surface area contributed by atoms with Gasteiger partial charge >= 0.3 is 0 Å². The van der Waals surface area contributed by atoms with E-state index in [9.17, 15) is 14.4 Å². The van der Waals surface area contributed by atoms with Crippen molar-refractivity contribution in [2.24, 2.45) is 11.8 Å². The molecule has 1 atom stereocenters. The molecule has 188 valence electrons. The molecule has 2 aromatic carbocycles. The van der Waals surface area contributed by atoms with Crippen molar-refractivity contribution in [3.63, 3.8) is 0 Å². The van der Waals surface area contributed by atoms with Crippen LogP contribution in [0.4, 0.5) is 5.69 Å². The second-order valence-corrected chi connectivity index (χ2v) is 9.58. The van der Waals surface area contributed by atoms with Gasteiger partial charge in [-0.1, -0.05) is 35.5 Å². The van der Waals surface area contributed by atoms with Crippen molar-refractivity contribution in [2.45, 2.75) is 38.5 Å². The molecule has 3 aromatic rings. The fraction of sp³-hybridized carbons (Fsp3) is 0.379. The molecule has 0 unspecified atom stereocenters. The quantitative estimate of drug-likeness (QED) is 0.228. The second kappa shape index (κ2) is 11.8. The fourth-order valence-corrected chi connectivity index (χ4v) is 4.09. The molecule has 1 aliphatic rings. The van der Waals surface area contributed by atoms with Crippen LogP contribution in [0.15, 0.2) is 59.1 Å². The largest absolute Gasteiger partial charge is 0.491 e. The summed E-state index contributed by atoms with van der Waals surface area (Å²) in [7, 11) is 3.79. The summed E-state index contributed by atoms with van der Waals surface area (Å²) in [6, 6.07) is 17.0. The van der Waals surface area contributed by atoms with Gasteiger partial charge < -0.3 is 19.0 Å². The van der Waals surface area contributed by atoms with E-state index < -0.39 is 0 Å². The lowest BCUT2D eigenvalue weighted by atomic mass is 10.0. The number of carbonyl (C=O) groups excluding carboxylic acids is 3. The molecule has 1 aliphatic carbocycles. The highest BCUT2D eigenvalue weighted by molar-refractivity contribution is 6.00. The van der Waals surface area contributed by atoms with Crippen molar-refractivity contribution in [2.75, 3.05) is 25.6 Å². The summed E-state index contributed by atoms with van der Waals surface area (Å²) in [4.78, 5) is 38.5. The minimum absolute atomic E-state index is 0.102. The van der Waals surface area contributed by atoms with Gasteiger partial charge in [-0.15, -0.1) is 0 Å². The van der Waals surface area contributed by atoms with Crippen molar-refractivity contribution < 1.29 is 23.6 Å². The lowest BCUT2D eigenvalue weighted by Gasteiger charge is -2.20. The highest BCUT2D eigenvalue weighted by Gasteiger charge is 2.30. The number of hydrogen-bond donors (Lipinski definition) is 0. The van der Waals surface area contributed by atoms with Crippen LogP contribution in [0.2, 0.25) is 0 Å². The topological polar surface area (TPSA) is 89.7 Å². The number of anilines is 1. The average Bonchev–Trinajstić information content (AvgIpc) is 3.64. The molecule has 1 heterocycles. The van der Waals surface area contributed by atoms with Crippen LogP contribution in [0, 0.1) is 11.8 Å². The Balaban J connectivity index is 1.26. The van der Waals surface area contributed by atoms with Crippen molar-refractivity contribution in [1.82, 2.24) is 5.16 Å². The molecule has 36 heavy (non-hydrogen) atoms. The highest BCUT2D eigenvalue weighted by atomic mass is 16.5. The van der Waals surface area contributed by atoms with Gasteiger partial charge in [0.2, 0.25) is 0 Å². The van der Waals surface area contributed by atoms with Gasteiger partial charge in [-0.05, 0) is 49.4 Å². The Morgan fingerprint density at radius 2 is 1.92 bits per heavy atom. The van der Waals surface area contributed by atoms with Crippen molar-refractivity contribution in [3.05, 3.63) is 77.2 Å². The number of aromatic nitrogens is 1.